The zero-order valence-corrected chi connectivity index (χ0v) is 21.4. The highest BCUT2D eigenvalue weighted by molar-refractivity contribution is 7.82. The average Bonchev–Trinajstić information content (AvgIpc) is 3.23. The number of hydroxylamine groups is 1. The Morgan fingerprint density at radius 1 is 1.35 bits per heavy atom. The molecular formula is C21H26ClN7O3S2. The first-order chi connectivity index (χ1) is 16.2. The van der Waals surface area contributed by atoms with Crippen molar-refractivity contribution in [2.24, 2.45) is 4.99 Å². The van der Waals surface area contributed by atoms with E-state index in [-0.39, 0.29) is 23.3 Å². The summed E-state index contributed by atoms with van der Waals surface area (Å²) in [6.07, 6.45) is 0.787. The molecule has 0 saturated heterocycles. The first kappa shape index (κ1) is 26.0. The molecule has 1 atom stereocenters. The minimum absolute atomic E-state index is 0.0171. The molecule has 0 saturated carbocycles. The van der Waals surface area contributed by atoms with Gasteiger partial charge in [0.25, 0.3) is 5.91 Å². The Hall–Kier alpha value is -2.64. The minimum Gasteiger partial charge on any atom is -0.371 e. The summed E-state index contributed by atoms with van der Waals surface area (Å²) in [7, 11) is 5.22. The van der Waals surface area contributed by atoms with Crippen LogP contribution in [0, 0.1) is 0 Å². The lowest BCUT2D eigenvalue weighted by molar-refractivity contribution is -0.130. The normalized spacial score (nSPS) is 14.7. The van der Waals surface area contributed by atoms with Gasteiger partial charge in [0.15, 0.2) is 10.8 Å². The number of nitrogens with zero attached hydrogens (tertiary/aromatic N) is 4. The van der Waals surface area contributed by atoms with Gasteiger partial charge in [0.1, 0.15) is 11.0 Å². The largest absolute Gasteiger partial charge is 0.371 e. The predicted molar refractivity (Wildman–Crippen MR) is 136 cm³/mol. The third-order valence-electron chi connectivity index (χ3n) is 5.02. The van der Waals surface area contributed by atoms with Crippen LogP contribution in [0.2, 0.25) is 5.02 Å². The zero-order valence-electron chi connectivity index (χ0n) is 19.0. The van der Waals surface area contributed by atoms with Gasteiger partial charge in [-0.3, -0.25) is 14.8 Å². The van der Waals surface area contributed by atoms with Crippen molar-refractivity contribution in [2.75, 3.05) is 34.2 Å². The number of rotatable bonds is 6. The van der Waals surface area contributed by atoms with Gasteiger partial charge in [0.2, 0.25) is 5.91 Å². The lowest BCUT2D eigenvalue weighted by Gasteiger charge is -2.22. The van der Waals surface area contributed by atoms with Gasteiger partial charge in [-0.25, -0.2) is 15.5 Å². The number of carbonyl (C=O) groups excluding carboxylic acids is 2. The van der Waals surface area contributed by atoms with Crippen LogP contribution in [0.4, 0.5) is 5.69 Å². The summed E-state index contributed by atoms with van der Waals surface area (Å²) < 4.78 is 0. The smallest absolute Gasteiger partial charge is 0.280 e. The minimum atomic E-state index is -0.917. The van der Waals surface area contributed by atoms with Crippen molar-refractivity contribution >= 4 is 63.5 Å². The van der Waals surface area contributed by atoms with Crippen molar-refractivity contribution in [3.05, 3.63) is 44.9 Å². The number of likely N-dealkylation sites (N-methyl/N-ethyl adjacent to an activating group) is 2. The molecule has 2 aromatic rings. The average molecular weight is 524 g/mol. The van der Waals surface area contributed by atoms with Crippen LogP contribution in [0.3, 0.4) is 0 Å². The van der Waals surface area contributed by atoms with E-state index < -0.39 is 11.9 Å². The fourth-order valence-corrected chi connectivity index (χ4v) is 4.59. The fraction of sp³-hybridized carbons (Fsp3) is 0.381. The van der Waals surface area contributed by atoms with Gasteiger partial charge in [-0.2, -0.15) is 0 Å². The highest BCUT2D eigenvalue weighted by atomic mass is 35.5. The number of nitrogens with one attached hydrogen (secondary N) is 3. The van der Waals surface area contributed by atoms with Crippen LogP contribution in [0.1, 0.15) is 20.4 Å². The fourth-order valence-electron chi connectivity index (χ4n) is 3.20. The number of halogens is 1. The Morgan fingerprint density at radius 2 is 2.06 bits per heavy atom. The van der Waals surface area contributed by atoms with Crippen LogP contribution in [0.25, 0.3) is 0 Å². The molecule has 0 spiro atoms. The van der Waals surface area contributed by atoms with E-state index in [1.165, 1.54) is 16.2 Å². The number of aliphatic imine (C=N–C) groups is 1. The Morgan fingerprint density at radius 3 is 2.71 bits per heavy atom. The molecule has 1 aliphatic heterocycles. The molecule has 0 bridgehead atoms. The second-order valence-corrected chi connectivity index (χ2v) is 9.82. The molecule has 0 radical (unpaired) electrons. The van der Waals surface area contributed by atoms with E-state index in [0.29, 0.717) is 15.7 Å². The number of aromatic nitrogens is 1. The lowest BCUT2D eigenvalue weighted by Crippen LogP contribution is -2.53. The Bertz CT molecular complexity index is 1090. The molecule has 182 valence electrons. The van der Waals surface area contributed by atoms with E-state index in [2.05, 4.69) is 25.5 Å². The van der Waals surface area contributed by atoms with E-state index in [4.69, 9.17) is 23.8 Å². The molecule has 4 N–H and O–H groups in total. The number of benzene rings is 1. The molecule has 1 aliphatic rings. The molecule has 2 heterocycles. The summed E-state index contributed by atoms with van der Waals surface area (Å²) in [5.74, 6) is -0.764. The van der Waals surface area contributed by atoms with Crippen LogP contribution >= 0.6 is 35.2 Å². The third kappa shape index (κ3) is 6.70. The molecular weight excluding hydrogens is 498 g/mol. The predicted octanol–water partition coefficient (Wildman–Crippen LogP) is 1.60. The lowest BCUT2D eigenvalue weighted by atomic mass is 10.2. The van der Waals surface area contributed by atoms with Crippen molar-refractivity contribution in [3.63, 3.8) is 0 Å². The number of fused-ring (bicyclic) bond motifs is 1. The van der Waals surface area contributed by atoms with Crippen molar-refractivity contribution in [1.82, 2.24) is 30.9 Å². The summed E-state index contributed by atoms with van der Waals surface area (Å²) in [5, 5.41) is 16.0. The van der Waals surface area contributed by atoms with Crippen LogP contribution in [0.15, 0.2) is 29.3 Å². The first-order valence-electron chi connectivity index (χ1n) is 10.4. The molecule has 1 aromatic heterocycles. The number of hydrogen-bond acceptors (Lipinski definition) is 8. The van der Waals surface area contributed by atoms with Crippen molar-refractivity contribution < 1.29 is 14.8 Å². The Labute approximate surface area is 212 Å². The van der Waals surface area contributed by atoms with Crippen LogP contribution < -0.4 is 16.1 Å². The highest BCUT2D eigenvalue weighted by Gasteiger charge is 2.27. The van der Waals surface area contributed by atoms with Gasteiger partial charge in [0, 0.05) is 50.1 Å². The van der Waals surface area contributed by atoms with Gasteiger partial charge in [-0.15, -0.1) is 11.3 Å². The van der Waals surface area contributed by atoms with E-state index in [1.807, 2.05) is 12.5 Å². The molecule has 0 aliphatic carbocycles. The van der Waals surface area contributed by atoms with Crippen molar-refractivity contribution in [2.45, 2.75) is 19.0 Å². The van der Waals surface area contributed by atoms with Crippen molar-refractivity contribution in [1.29, 1.82) is 0 Å². The summed E-state index contributed by atoms with van der Waals surface area (Å²) in [6, 6.07) is 5.71. The summed E-state index contributed by atoms with van der Waals surface area (Å²) in [6.45, 7) is 1.62. The molecule has 1 unspecified atom stereocenters. The van der Waals surface area contributed by atoms with Crippen LogP contribution in [0.5, 0.6) is 0 Å². The summed E-state index contributed by atoms with van der Waals surface area (Å²) in [4.78, 5) is 39.0. The number of amides is 2. The second kappa shape index (κ2) is 11.7. The SMILES string of the molecule is CN1CCc2nc(C(=O)NC(CNC(=S)C(=Nc3ccc(Cl)cc3)NO)C(=O)N(C)C)sc2C1. The molecule has 1 aromatic carbocycles. The monoisotopic (exact) mass is 523 g/mol. The summed E-state index contributed by atoms with van der Waals surface area (Å²) >= 11 is 12.5. The number of thiazole rings is 1. The zero-order chi connectivity index (χ0) is 24.8. The van der Waals surface area contributed by atoms with Crippen LogP contribution in [-0.4, -0.2) is 82.9 Å². The Balaban J connectivity index is 1.69. The maximum atomic E-state index is 12.9. The van der Waals surface area contributed by atoms with Gasteiger partial charge in [-0.1, -0.05) is 23.8 Å². The number of carbonyl (C=O) groups is 2. The third-order valence-corrected chi connectivity index (χ3v) is 6.69. The number of thiocarbonyl (C=S) groups is 1. The van der Waals surface area contributed by atoms with Gasteiger partial charge in [0.05, 0.1) is 11.4 Å². The van der Waals surface area contributed by atoms with Gasteiger partial charge < -0.3 is 20.4 Å². The van der Waals surface area contributed by atoms with E-state index in [0.717, 1.165) is 30.1 Å². The number of hydrogen-bond donors (Lipinski definition) is 4. The molecule has 34 heavy (non-hydrogen) atoms. The maximum absolute atomic E-state index is 12.9. The molecule has 3 rings (SSSR count). The topological polar surface area (TPSA) is 122 Å². The Kier molecular flexibility index (Phi) is 8.91. The molecule has 13 heteroatoms. The first-order valence-corrected chi connectivity index (χ1v) is 12.0. The van der Waals surface area contributed by atoms with Gasteiger partial charge >= 0.3 is 0 Å². The molecule has 0 fully saturated rings. The quantitative estimate of drug-likeness (QED) is 0.195. The maximum Gasteiger partial charge on any atom is 0.280 e. The van der Waals surface area contributed by atoms with E-state index >= 15 is 0 Å². The van der Waals surface area contributed by atoms with E-state index in [1.54, 1.807) is 38.4 Å². The van der Waals surface area contributed by atoms with Crippen molar-refractivity contribution in [3.8, 4) is 0 Å². The number of amidine groups is 1. The van der Waals surface area contributed by atoms with Crippen LogP contribution in [-0.2, 0) is 17.8 Å². The second-order valence-electron chi connectivity index (χ2n) is 7.89. The van der Waals surface area contributed by atoms with Gasteiger partial charge in [-0.05, 0) is 31.3 Å². The summed E-state index contributed by atoms with van der Waals surface area (Å²) in [5.41, 5.74) is 3.40. The highest BCUT2D eigenvalue weighted by Crippen LogP contribution is 2.24. The standard InChI is InChI=1S/C21H26ClN7O3S2/c1-28(2)21(31)15(25-18(30)20-26-14-8-9-29(3)11-16(14)34-20)10-23-19(33)17(27-32)24-13-6-4-12(22)5-7-13/h4-7,15,32H,8-11H2,1-3H3,(H,23,33)(H,24,27)(H,25,30). The molecule has 10 nitrogen and oxygen atoms in total. The van der Waals surface area contributed by atoms with E-state index in [9.17, 15) is 14.8 Å². The molecule has 2 amide bonds.